The molecule has 23 heteroatoms. The Bertz CT molecular complexity index is 1950. The molecule has 0 aromatic carbocycles. The summed E-state index contributed by atoms with van der Waals surface area (Å²) in [5.41, 5.74) is 4.95. The number of nitrogens with one attached hydrogen (secondary N) is 1. The SMILES string of the molecule is Nc1nc2c(ncn2[C@H]2CC(O)[C@@H](COP(=O)(O)O[C@H]3C[C@H](n4cnc5ccncc5c4=O)O[C@@H]3COP(=O)(O)O)O2)c(=O)[nH]1. The molecule has 6 heterocycles. The van der Waals surface area contributed by atoms with Gasteiger partial charge in [0.15, 0.2) is 11.2 Å². The van der Waals surface area contributed by atoms with Gasteiger partial charge >= 0.3 is 15.6 Å². The molecule has 242 valence electrons. The predicted octanol–water partition coefficient (Wildman–Crippen LogP) is -0.946. The lowest BCUT2D eigenvalue weighted by atomic mass is 10.2. The van der Waals surface area contributed by atoms with Crippen LogP contribution in [-0.4, -0.2) is 91.5 Å². The van der Waals surface area contributed by atoms with E-state index < -0.39 is 76.8 Å². The highest BCUT2D eigenvalue weighted by molar-refractivity contribution is 7.47. The lowest BCUT2D eigenvalue weighted by Crippen LogP contribution is -2.30. The van der Waals surface area contributed by atoms with Gasteiger partial charge in [-0.3, -0.25) is 42.3 Å². The monoisotopic (exact) mass is 672 g/mol. The first-order valence-electron chi connectivity index (χ1n) is 13.2. The van der Waals surface area contributed by atoms with Crippen molar-refractivity contribution in [2.45, 2.75) is 49.7 Å². The van der Waals surface area contributed by atoms with Crippen LogP contribution in [0.5, 0.6) is 0 Å². The number of aromatic nitrogens is 7. The molecule has 7 N–H and O–H groups in total. The number of fused-ring (bicyclic) bond motifs is 2. The number of aliphatic hydroxyl groups is 1. The van der Waals surface area contributed by atoms with E-state index in [1.165, 1.54) is 35.7 Å². The number of anilines is 1. The molecule has 2 aliphatic rings. The van der Waals surface area contributed by atoms with Gasteiger partial charge in [-0.25, -0.2) is 19.1 Å². The lowest BCUT2D eigenvalue weighted by molar-refractivity contribution is -0.0557. The molecule has 2 aliphatic heterocycles. The third-order valence-corrected chi connectivity index (χ3v) is 8.62. The topological polar surface area (TPSA) is 299 Å². The molecule has 4 aromatic heterocycles. The van der Waals surface area contributed by atoms with Crippen LogP contribution in [0, 0.1) is 0 Å². The molecule has 2 saturated heterocycles. The van der Waals surface area contributed by atoms with Gasteiger partial charge in [-0.05, 0) is 6.07 Å². The fourth-order valence-electron chi connectivity index (χ4n) is 5.05. The second-order valence-corrected chi connectivity index (χ2v) is 12.8. The number of aromatic amines is 1. The fraction of sp³-hybridized carbons (Fsp3) is 0.455. The van der Waals surface area contributed by atoms with Crippen molar-refractivity contribution in [2.75, 3.05) is 18.9 Å². The number of hydrogen-bond donors (Lipinski definition) is 6. The summed E-state index contributed by atoms with van der Waals surface area (Å²) in [5.74, 6) is -0.160. The molecule has 0 saturated carbocycles. The van der Waals surface area contributed by atoms with Crippen LogP contribution in [0.1, 0.15) is 25.3 Å². The number of nitrogens with two attached hydrogens (primary N) is 1. The summed E-state index contributed by atoms with van der Waals surface area (Å²) in [6.45, 7) is -1.40. The smallest absolute Gasteiger partial charge is 0.390 e. The van der Waals surface area contributed by atoms with E-state index in [0.29, 0.717) is 5.52 Å². The molecule has 4 aromatic rings. The Morgan fingerprint density at radius 2 is 1.73 bits per heavy atom. The van der Waals surface area contributed by atoms with Gasteiger partial charge in [0.1, 0.15) is 37.1 Å². The maximum atomic E-state index is 13.0. The number of H-pyrrole nitrogens is 1. The quantitative estimate of drug-likeness (QED) is 0.111. The van der Waals surface area contributed by atoms with Gasteiger partial charge in [-0.15, -0.1) is 0 Å². The average Bonchev–Trinajstić information content (AvgIpc) is 3.67. The highest BCUT2D eigenvalue weighted by Crippen LogP contribution is 2.49. The van der Waals surface area contributed by atoms with Crippen molar-refractivity contribution in [1.82, 2.24) is 34.1 Å². The minimum Gasteiger partial charge on any atom is -0.390 e. The van der Waals surface area contributed by atoms with Crippen LogP contribution in [0.3, 0.4) is 0 Å². The van der Waals surface area contributed by atoms with Crippen molar-refractivity contribution in [1.29, 1.82) is 0 Å². The van der Waals surface area contributed by atoms with E-state index >= 15 is 0 Å². The largest absolute Gasteiger partial charge is 0.472 e. The van der Waals surface area contributed by atoms with Gasteiger partial charge in [-0.1, -0.05) is 0 Å². The van der Waals surface area contributed by atoms with Gasteiger partial charge in [0.2, 0.25) is 5.95 Å². The number of nitrogens with zero attached hydrogens (tertiary/aromatic N) is 6. The first kappa shape index (κ1) is 31.5. The van der Waals surface area contributed by atoms with Crippen LogP contribution >= 0.6 is 15.6 Å². The van der Waals surface area contributed by atoms with Crippen molar-refractivity contribution in [2.24, 2.45) is 0 Å². The van der Waals surface area contributed by atoms with Gasteiger partial charge in [0, 0.05) is 25.2 Å². The molecule has 0 radical (unpaired) electrons. The third kappa shape index (κ3) is 6.74. The van der Waals surface area contributed by atoms with Crippen molar-refractivity contribution in [3.8, 4) is 0 Å². The van der Waals surface area contributed by atoms with Crippen LogP contribution in [0.25, 0.3) is 22.1 Å². The van der Waals surface area contributed by atoms with Crippen LogP contribution in [0.15, 0.2) is 40.7 Å². The van der Waals surface area contributed by atoms with Crippen LogP contribution in [-0.2, 0) is 32.2 Å². The number of ether oxygens (including phenoxy) is 2. The second kappa shape index (κ2) is 12.0. The standard InChI is InChI=1S/C22H26N8O13P2/c23-22-27-19-18(20(32)28-22)26-9-29(19)16-3-12(31)14(41-16)6-40-45(37,38)43-13-4-17(42-15(13)7-39-44(34,35)36)30-8-25-11-1-2-24-5-10(11)21(30)33/h1-2,5,8-9,12-17,31H,3-4,6-7H2,(H,37,38)(H2,34,35,36)(H3,23,27,28,32)/t12?,13-,14+,15+,16+,17+/m0/s1. The number of hydrogen-bond acceptors (Lipinski definition) is 15. The first-order valence-corrected chi connectivity index (χ1v) is 16.2. The molecule has 45 heavy (non-hydrogen) atoms. The maximum Gasteiger partial charge on any atom is 0.472 e. The summed E-state index contributed by atoms with van der Waals surface area (Å²) in [6.07, 6.45) is -2.07. The van der Waals surface area contributed by atoms with Crippen molar-refractivity contribution in [3.05, 3.63) is 51.8 Å². The predicted molar refractivity (Wildman–Crippen MR) is 148 cm³/mol. The number of pyridine rings is 1. The molecule has 0 aliphatic carbocycles. The number of aliphatic hydroxyl groups excluding tert-OH is 1. The number of rotatable bonds is 10. The van der Waals surface area contributed by atoms with E-state index in [9.17, 15) is 28.7 Å². The summed E-state index contributed by atoms with van der Waals surface area (Å²) in [6, 6.07) is 1.53. The first-order chi connectivity index (χ1) is 21.3. The molecule has 2 unspecified atom stereocenters. The summed E-state index contributed by atoms with van der Waals surface area (Å²) in [5, 5.41) is 10.7. The molecule has 21 nitrogen and oxygen atoms in total. The molecule has 0 bridgehead atoms. The summed E-state index contributed by atoms with van der Waals surface area (Å²) >= 11 is 0. The van der Waals surface area contributed by atoms with E-state index in [4.69, 9.17) is 34.0 Å². The summed E-state index contributed by atoms with van der Waals surface area (Å²) in [7, 11) is -9.93. The molecule has 0 spiro atoms. The Morgan fingerprint density at radius 1 is 1.02 bits per heavy atom. The average molecular weight is 672 g/mol. The Balaban J connectivity index is 1.14. The minimum atomic E-state index is -4.98. The minimum absolute atomic E-state index is 0.0111. The fourth-order valence-corrected chi connectivity index (χ4v) is 6.35. The van der Waals surface area contributed by atoms with Crippen LogP contribution in [0.4, 0.5) is 5.95 Å². The molecule has 6 rings (SSSR count). The second-order valence-electron chi connectivity index (χ2n) is 10.1. The zero-order valence-electron chi connectivity index (χ0n) is 22.8. The normalized spacial score (nSPS) is 26.9. The highest BCUT2D eigenvalue weighted by Gasteiger charge is 2.44. The van der Waals surface area contributed by atoms with Gasteiger partial charge in [-0.2, -0.15) is 4.98 Å². The Kier molecular flexibility index (Phi) is 8.44. The van der Waals surface area contributed by atoms with Gasteiger partial charge < -0.3 is 35.0 Å². The molecule has 0 amide bonds. The van der Waals surface area contributed by atoms with E-state index in [0.717, 1.165) is 4.57 Å². The van der Waals surface area contributed by atoms with E-state index in [1.54, 1.807) is 0 Å². The molecule has 7 atom stereocenters. The van der Waals surface area contributed by atoms with Crippen LogP contribution < -0.4 is 16.9 Å². The Labute approximate surface area is 250 Å². The third-order valence-electron chi connectivity index (χ3n) is 7.12. The van der Waals surface area contributed by atoms with Crippen molar-refractivity contribution in [3.63, 3.8) is 0 Å². The Hall–Kier alpha value is -3.46. The zero-order chi connectivity index (χ0) is 32.1. The Morgan fingerprint density at radius 3 is 2.51 bits per heavy atom. The van der Waals surface area contributed by atoms with Crippen LogP contribution in [0.2, 0.25) is 0 Å². The maximum absolute atomic E-state index is 13.0. The number of phosphoric ester groups is 2. The molecular formula is C22H26N8O13P2. The number of phosphoric acid groups is 2. The molecule has 2 fully saturated rings. The zero-order valence-corrected chi connectivity index (χ0v) is 24.6. The number of nitrogen functional groups attached to an aromatic ring is 1. The van der Waals surface area contributed by atoms with E-state index in [2.05, 4.69) is 29.4 Å². The lowest BCUT2D eigenvalue weighted by Gasteiger charge is -2.22. The van der Waals surface area contributed by atoms with E-state index in [-0.39, 0.29) is 35.3 Å². The van der Waals surface area contributed by atoms with Gasteiger partial charge in [0.05, 0.1) is 36.5 Å². The van der Waals surface area contributed by atoms with Gasteiger partial charge in [0.25, 0.3) is 11.1 Å². The van der Waals surface area contributed by atoms with Crippen molar-refractivity contribution >= 4 is 43.7 Å². The van der Waals surface area contributed by atoms with E-state index in [1.807, 2.05) is 0 Å². The molecular weight excluding hydrogens is 646 g/mol. The summed E-state index contributed by atoms with van der Waals surface area (Å²) < 4.78 is 53.2. The summed E-state index contributed by atoms with van der Waals surface area (Å²) in [4.78, 5) is 72.4. The number of imidazole rings is 1. The highest BCUT2D eigenvalue weighted by atomic mass is 31.2. The van der Waals surface area contributed by atoms with Crippen molar-refractivity contribution < 1.29 is 52.0 Å².